The Kier molecular flexibility index (Phi) is 4.64. The molecule has 2 heterocycles. The van der Waals surface area contributed by atoms with Crippen molar-refractivity contribution in [3.8, 4) is 0 Å². The third kappa shape index (κ3) is 4.73. The number of nitrogens with zero attached hydrogens (tertiary/aromatic N) is 4. The Morgan fingerprint density at radius 3 is 2.16 bits per heavy atom. The first-order chi connectivity index (χ1) is 11.2. The van der Waals surface area contributed by atoms with Crippen molar-refractivity contribution in [2.45, 2.75) is 52.5 Å². The number of hydrogen-bond donors (Lipinski definition) is 1. The van der Waals surface area contributed by atoms with Crippen molar-refractivity contribution in [2.24, 2.45) is 5.41 Å². The molecule has 0 aliphatic rings. The maximum atomic E-state index is 13.3. The molecular weight excluding hydrogens is 352 g/mol. The van der Waals surface area contributed by atoms with E-state index < -0.39 is 35.4 Å². The first-order valence-corrected chi connectivity index (χ1v) is 7.32. The van der Waals surface area contributed by atoms with Gasteiger partial charge in [0.15, 0.2) is 0 Å². The van der Waals surface area contributed by atoms with E-state index in [1.807, 2.05) is 0 Å². The molecule has 0 fully saturated rings. The normalized spacial score (nSPS) is 14.8. The fourth-order valence-corrected chi connectivity index (χ4v) is 2.25. The van der Waals surface area contributed by atoms with E-state index in [2.05, 4.69) is 20.4 Å². The van der Waals surface area contributed by atoms with Crippen molar-refractivity contribution in [2.75, 3.05) is 5.32 Å². The largest absolute Gasteiger partial charge is 0.453 e. The summed E-state index contributed by atoms with van der Waals surface area (Å²) in [5.41, 5.74) is -0.443. The molecule has 0 spiro atoms. The van der Waals surface area contributed by atoms with Gasteiger partial charge in [-0.1, -0.05) is 20.8 Å². The maximum absolute atomic E-state index is 13.3. The molecule has 1 unspecified atom stereocenters. The van der Waals surface area contributed by atoms with Crippen LogP contribution in [0.2, 0.25) is 0 Å². The van der Waals surface area contributed by atoms with E-state index in [4.69, 9.17) is 0 Å². The summed E-state index contributed by atoms with van der Waals surface area (Å²) in [5, 5.41) is 5.50. The number of anilines is 1. The van der Waals surface area contributed by atoms with E-state index in [-0.39, 0.29) is 17.9 Å². The average molecular weight is 369 g/mol. The van der Waals surface area contributed by atoms with Gasteiger partial charge in [-0.25, -0.2) is 4.98 Å². The van der Waals surface area contributed by atoms with Crippen LogP contribution in [-0.4, -0.2) is 31.8 Å². The smallest absolute Gasteiger partial charge is 0.358 e. The van der Waals surface area contributed by atoms with Gasteiger partial charge >= 0.3 is 12.4 Å². The van der Waals surface area contributed by atoms with Crippen molar-refractivity contribution in [1.82, 2.24) is 19.6 Å². The second-order valence-electron chi connectivity index (χ2n) is 6.93. The summed E-state index contributed by atoms with van der Waals surface area (Å²) in [5.74, 6) is -2.14. The molecule has 0 aromatic carbocycles. The zero-order valence-corrected chi connectivity index (χ0v) is 13.9. The van der Waals surface area contributed by atoms with Gasteiger partial charge in [-0.05, 0) is 18.8 Å². The molecule has 25 heavy (non-hydrogen) atoms. The van der Waals surface area contributed by atoms with Gasteiger partial charge in [0.1, 0.15) is 11.9 Å². The quantitative estimate of drug-likeness (QED) is 0.823. The Hall–Kier alpha value is -2.07. The molecule has 11 heteroatoms. The molecule has 2 rings (SSSR count). The fourth-order valence-electron chi connectivity index (χ4n) is 2.25. The molecule has 0 saturated heterocycles. The van der Waals surface area contributed by atoms with Gasteiger partial charge in [0.05, 0.1) is 0 Å². The molecule has 140 valence electrons. The van der Waals surface area contributed by atoms with Gasteiger partial charge in [-0.15, -0.1) is 5.10 Å². The Balaban J connectivity index is 2.49. The number of hydrogen-bond acceptors (Lipinski definition) is 4. The van der Waals surface area contributed by atoms with E-state index in [0.717, 1.165) is 0 Å². The Labute approximate surface area is 139 Å². The molecule has 0 bridgehead atoms. The van der Waals surface area contributed by atoms with Crippen LogP contribution >= 0.6 is 0 Å². The Morgan fingerprint density at radius 2 is 1.68 bits per heavy atom. The van der Waals surface area contributed by atoms with Crippen molar-refractivity contribution in [3.63, 3.8) is 0 Å². The van der Waals surface area contributed by atoms with Crippen molar-refractivity contribution < 1.29 is 26.3 Å². The van der Waals surface area contributed by atoms with Crippen molar-refractivity contribution in [3.05, 3.63) is 17.6 Å². The molecule has 0 amide bonds. The second-order valence-corrected chi connectivity index (χ2v) is 6.93. The zero-order valence-electron chi connectivity index (χ0n) is 13.9. The minimum atomic E-state index is -4.83. The van der Waals surface area contributed by atoms with Crippen molar-refractivity contribution >= 4 is 11.6 Å². The van der Waals surface area contributed by atoms with Crippen molar-refractivity contribution in [1.29, 1.82) is 0 Å². The molecule has 0 aliphatic heterocycles. The highest BCUT2D eigenvalue weighted by Crippen LogP contribution is 2.33. The topological polar surface area (TPSA) is 55.1 Å². The van der Waals surface area contributed by atoms with Gasteiger partial charge in [0, 0.05) is 11.8 Å². The van der Waals surface area contributed by atoms with E-state index in [9.17, 15) is 26.3 Å². The lowest BCUT2D eigenvalue weighted by Crippen LogP contribution is -2.39. The molecule has 0 saturated carbocycles. The minimum absolute atomic E-state index is 0.216. The molecule has 1 atom stereocenters. The van der Waals surface area contributed by atoms with E-state index >= 15 is 0 Å². The van der Waals surface area contributed by atoms with Gasteiger partial charge in [0.25, 0.3) is 11.6 Å². The highest BCUT2D eigenvalue weighted by atomic mass is 19.4. The molecule has 5 nitrogen and oxygen atoms in total. The Bertz CT molecular complexity index is 756. The lowest BCUT2D eigenvalue weighted by molar-refractivity contribution is -0.148. The first-order valence-electron chi connectivity index (χ1n) is 7.32. The van der Waals surface area contributed by atoms with Gasteiger partial charge in [0.2, 0.25) is 0 Å². The third-order valence-electron chi connectivity index (χ3n) is 3.23. The predicted octanol–water partition coefficient (Wildman–Crippen LogP) is 4.23. The van der Waals surface area contributed by atoms with Gasteiger partial charge < -0.3 is 5.32 Å². The van der Waals surface area contributed by atoms with E-state index in [0.29, 0.717) is 4.52 Å². The van der Waals surface area contributed by atoms with Crippen LogP contribution < -0.4 is 5.32 Å². The van der Waals surface area contributed by atoms with Crippen LogP contribution in [0, 0.1) is 12.3 Å². The predicted molar refractivity (Wildman–Crippen MR) is 78.1 cm³/mol. The summed E-state index contributed by atoms with van der Waals surface area (Å²) >= 11 is 0. The number of fused-ring (bicyclic) bond motifs is 1. The molecule has 0 radical (unpaired) electrons. The Morgan fingerprint density at radius 1 is 1.08 bits per heavy atom. The number of aromatic nitrogens is 4. The summed E-state index contributed by atoms with van der Waals surface area (Å²) in [7, 11) is 0. The van der Waals surface area contributed by atoms with Crippen LogP contribution in [-0.2, 0) is 6.18 Å². The molecule has 0 aliphatic carbocycles. The maximum Gasteiger partial charge on any atom is 0.453 e. The summed E-state index contributed by atoms with van der Waals surface area (Å²) in [6.07, 6.45) is -9.70. The van der Waals surface area contributed by atoms with Gasteiger partial charge in [-0.2, -0.15) is 35.8 Å². The standard InChI is InChI=1S/C14H17F6N5/c1-7-5-9(22-8(13(15,16)17)6-12(2,3)4)25-11(21-7)23-10(24-25)14(18,19)20/h5,8,22H,6H2,1-4H3. The number of aryl methyl sites for hydroxylation is 1. The number of halogens is 6. The van der Waals surface area contributed by atoms with Crippen LogP contribution in [0.25, 0.3) is 5.78 Å². The monoisotopic (exact) mass is 369 g/mol. The summed E-state index contributed by atoms with van der Waals surface area (Å²) < 4.78 is 78.9. The SMILES string of the molecule is Cc1cc(NC(CC(C)(C)C)C(F)(F)F)n2nc(C(F)(F)F)nc2n1. The highest BCUT2D eigenvalue weighted by molar-refractivity contribution is 5.46. The van der Waals surface area contributed by atoms with Crippen LogP contribution in [0.4, 0.5) is 32.2 Å². The number of nitrogens with one attached hydrogen (secondary N) is 1. The highest BCUT2D eigenvalue weighted by Gasteiger charge is 2.42. The van der Waals surface area contributed by atoms with Crippen LogP contribution in [0.3, 0.4) is 0 Å². The lowest BCUT2D eigenvalue weighted by atomic mass is 9.88. The first kappa shape index (κ1) is 19.3. The fraction of sp³-hybridized carbons (Fsp3) is 0.643. The van der Waals surface area contributed by atoms with E-state index in [1.54, 1.807) is 20.8 Å². The number of rotatable bonds is 3. The molecule has 1 N–H and O–H groups in total. The van der Waals surface area contributed by atoms with Crippen LogP contribution in [0.1, 0.15) is 38.7 Å². The van der Waals surface area contributed by atoms with E-state index in [1.165, 1.54) is 13.0 Å². The third-order valence-corrected chi connectivity index (χ3v) is 3.23. The zero-order chi connectivity index (χ0) is 19.2. The molecular formula is C14H17F6N5. The summed E-state index contributed by atoms with van der Waals surface area (Å²) in [4.78, 5) is 7.03. The summed E-state index contributed by atoms with van der Waals surface area (Å²) in [6.45, 7) is 6.35. The lowest BCUT2D eigenvalue weighted by Gasteiger charge is -2.29. The minimum Gasteiger partial charge on any atom is -0.358 e. The average Bonchev–Trinajstić information content (AvgIpc) is 2.78. The van der Waals surface area contributed by atoms with Crippen LogP contribution in [0.15, 0.2) is 6.07 Å². The molecule has 2 aromatic heterocycles. The summed E-state index contributed by atoms with van der Waals surface area (Å²) in [6, 6.07) is -0.764. The number of alkyl halides is 6. The van der Waals surface area contributed by atoms with Gasteiger partial charge in [-0.3, -0.25) is 0 Å². The molecule has 2 aromatic rings. The second kappa shape index (κ2) is 6.03. The van der Waals surface area contributed by atoms with Crippen LogP contribution in [0.5, 0.6) is 0 Å².